The van der Waals surface area contributed by atoms with Crippen LogP contribution in [0.2, 0.25) is 0 Å². The summed E-state index contributed by atoms with van der Waals surface area (Å²) in [6.07, 6.45) is -7.84. The van der Waals surface area contributed by atoms with Crippen LogP contribution in [0.1, 0.15) is 0 Å². The number of carboxylic acid groups (broad SMARTS) is 1. The van der Waals surface area contributed by atoms with Crippen LogP contribution in [-0.2, 0) is 4.79 Å². The molecule has 0 saturated carbocycles. The predicted molar refractivity (Wildman–Crippen MR) is 52.9 cm³/mol. The molecule has 4 unspecified atom stereocenters. The van der Waals surface area contributed by atoms with Gasteiger partial charge >= 0.3 is 5.97 Å². The van der Waals surface area contributed by atoms with E-state index < -0.39 is 37.0 Å². The quantitative estimate of drug-likeness (QED) is 0.233. The first-order valence-corrected chi connectivity index (χ1v) is 4.61. The summed E-state index contributed by atoms with van der Waals surface area (Å²) in [5.74, 6) is -1.73. The average Bonchev–Trinajstić information content (AvgIpc) is 2.34. The maximum Gasteiger partial charge on any atom is 0.335 e. The van der Waals surface area contributed by atoms with E-state index in [1.165, 1.54) is 0 Å². The molecule has 0 aliphatic heterocycles. The number of carbonyl (C=O) groups is 1. The molecule has 0 aromatic carbocycles. The molecule has 0 heterocycles. The summed E-state index contributed by atoms with van der Waals surface area (Å²) in [4.78, 5) is 10.1. The lowest BCUT2D eigenvalue weighted by atomic mass is 10.0. The molecule has 0 aromatic rings. The molecular weight excluding hydrogens is 240 g/mol. The van der Waals surface area contributed by atoms with E-state index in [2.05, 4.69) is 0 Å². The maximum atomic E-state index is 10.1. The zero-order chi connectivity index (χ0) is 14.0. The summed E-state index contributed by atoms with van der Waals surface area (Å²) in [6, 6.07) is 0. The fourth-order valence-electron chi connectivity index (χ4n) is 0.668. The molecule has 17 heavy (non-hydrogen) atoms. The second-order valence-corrected chi connectivity index (χ2v) is 2.96. The second kappa shape index (κ2) is 10.4. The molecule has 9 heteroatoms. The minimum Gasteiger partial charge on any atom is -0.479 e. The number of hydrogen-bond donors (Lipinski definition) is 8. The predicted octanol–water partition coefficient (Wildman–Crippen LogP) is -4.52. The Morgan fingerprint density at radius 1 is 0.882 bits per heavy atom. The molecule has 0 fully saturated rings. The van der Waals surface area contributed by atoms with Crippen LogP contribution in [0.3, 0.4) is 0 Å². The SMILES string of the molecule is O=C(O)C(O)C(O)C(O)C(O)CO.OCCO. The van der Waals surface area contributed by atoms with Gasteiger partial charge in [0.05, 0.1) is 19.8 Å². The van der Waals surface area contributed by atoms with Gasteiger partial charge in [0, 0.05) is 0 Å². The first-order valence-electron chi connectivity index (χ1n) is 4.61. The lowest BCUT2D eigenvalue weighted by Gasteiger charge is -2.23. The van der Waals surface area contributed by atoms with Crippen molar-refractivity contribution < 1.29 is 45.6 Å². The summed E-state index contributed by atoms with van der Waals surface area (Å²) < 4.78 is 0. The molecule has 9 nitrogen and oxygen atoms in total. The van der Waals surface area contributed by atoms with Crippen LogP contribution < -0.4 is 0 Å². The lowest BCUT2D eigenvalue weighted by Crippen LogP contribution is -2.48. The van der Waals surface area contributed by atoms with Crippen molar-refractivity contribution >= 4 is 5.97 Å². The van der Waals surface area contributed by atoms with Crippen LogP contribution in [0.15, 0.2) is 0 Å². The van der Waals surface area contributed by atoms with Gasteiger partial charge in [-0.05, 0) is 0 Å². The Morgan fingerprint density at radius 2 is 1.29 bits per heavy atom. The number of hydrogen-bond acceptors (Lipinski definition) is 8. The minimum absolute atomic E-state index is 0.125. The molecule has 4 atom stereocenters. The van der Waals surface area contributed by atoms with Gasteiger partial charge in [-0.2, -0.15) is 0 Å². The van der Waals surface area contributed by atoms with E-state index in [1.807, 2.05) is 0 Å². The molecule has 0 aromatic heterocycles. The van der Waals surface area contributed by atoms with E-state index in [-0.39, 0.29) is 13.2 Å². The molecule has 0 saturated heterocycles. The molecule has 0 radical (unpaired) electrons. The van der Waals surface area contributed by atoms with Crippen LogP contribution in [-0.4, -0.2) is 91.1 Å². The van der Waals surface area contributed by atoms with Crippen LogP contribution >= 0.6 is 0 Å². The van der Waals surface area contributed by atoms with E-state index in [4.69, 9.17) is 40.9 Å². The monoisotopic (exact) mass is 258 g/mol. The molecule has 0 aliphatic carbocycles. The minimum atomic E-state index is -2.20. The second-order valence-electron chi connectivity index (χ2n) is 2.96. The van der Waals surface area contributed by atoms with Crippen LogP contribution in [0.4, 0.5) is 0 Å². The standard InChI is InChI=1S/C6H12O7.C2H6O2/c7-1-2(8)3(9)4(10)5(11)6(12)13;3-1-2-4/h2-5,7-11H,1H2,(H,12,13);3-4H,1-2H2. The number of rotatable bonds is 6. The highest BCUT2D eigenvalue weighted by Gasteiger charge is 2.33. The number of aliphatic hydroxyl groups excluding tert-OH is 7. The Bertz CT molecular complexity index is 195. The molecule has 104 valence electrons. The first kappa shape index (κ1) is 18.6. The average molecular weight is 258 g/mol. The van der Waals surface area contributed by atoms with Crippen molar-refractivity contribution in [3.05, 3.63) is 0 Å². The number of aliphatic hydroxyl groups is 7. The zero-order valence-corrected chi connectivity index (χ0v) is 8.92. The highest BCUT2D eigenvalue weighted by molar-refractivity contribution is 5.72. The van der Waals surface area contributed by atoms with Gasteiger partial charge in [0.15, 0.2) is 6.10 Å². The third kappa shape index (κ3) is 7.99. The number of aliphatic carboxylic acids is 1. The molecule has 8 N–H and O–H groups in total. The summed E-state index contributed by atoms with van der Waals surface area (Å²) in [6.45, 7) is -1.09. The molecular formula is C8H18O9. The summed E-state index contributed by atoms with van der Waals surface area (Å²) in [5.41, 5.74) is 0. The van der Waals surface area contributed by atoms with Crippen LogP contribution in [0, 0.1) is 0 Å². The fourth-order valence-corrected chi connectivity index (χ4v) is 0.668. The van der Waals surface area contributed by atoms with Gasteiger partial charge in [0.2, 0.25) is 0 Å². The largest absolute Gasteiger partial charge is 0.479 e. The summed E-state index contributed by atoms with van der Waals surface area (Å²) in [7, 11) is 0. The van der Waals surface area contributed by atoms with Crippen molar-refractivity contribution in [2.75, 3.05) is 19.8 Å². The lowest BCUT2D eigenvalue weighted by molar-refractivity contribution is -0.164. The van der Waals surface area contributed by atoms with Gasteiger partial charge in [-0.15, -0.1) is 0 Å². The van der Waals surface area contributed by atoms with E-state index in [9.17, 15) is 4.79 Å². The smallest absolute Gasteiger partial charge is 0.335 e. The Morgan fingerprint density at radius 3 is 1.53 bits per heavy atom. The van der Waals surface area contributed by atoms with Gasteiger partial charge in [-0.1, -0.05) is 0 Å². The van der Waals surface area contributed by atoms with Crippen molar-refractivity contribution in [1.82, 2.24) is 0 Å². The molecule has 0 amide bonds. The topological polar surface area (TPSA) is 179 Å². The van der Waals surface area contributed by atoms with Crippen LogP contribution in [0.25, 0.3) is 0 Å². The normalized spacial score (nSPS) is 17.4. The molecule has 0 rings (SSSR count). The molecule has 0 bridgehead atoms. The zero-order valence-electron chi connectivity index (χ0n) is 8.92. The Labute approximate surface area is 96.8 Å². The van der Waals surface area contributed by atoms with Crippen molar-refractivity contribution in [3.63, 3.8) is 0 Å². The summed E-state index contributed by atoms with van der Waals surface area (Å²) in [5, 5.41) is 67.1. The third-order valence-corrected chi connectivity index (χ3v) is 1.61. The van der Waals surface area contributed by atoms with E-state index >= 15 is 0 Å². The van der Waals surface area contributed by atoms with E-state index in [0.29, 0.717) is 0 Å². The Hall–Kier alpha value is -0.810. The van der Waals surface area contributed by atoms with Crippen molar-refractivity contribution in [2.24, 2.45) is 0 Å². The fraction of sp³-hybridized carbons (Fsp3) is 0.875. The van der Waals surface area contributed by atoms with Crippen LogP contribution in [0.5, 0.6) is 0 Å². The van der Waals surface area contributed by atoms with Gasteiger partial charge in [0.1, 0.15) is 18.3 Å². The van der Waals surface area contributed by atoms with E-state index in [1.54, 1.807) is 0 Å². The highest BCUT2D eigenvalue weighted by atomic mass is 16.4. The van der Waals surface area contributed by atoms with Gasteiger partial charge in [-0.25, -0.2) is 4.79 Å². The van der Waals surface area contributed by atoms with Gasteiger partial charge in [-0.3, -0.25) is 0 Å². The van der Waals surface area contributed by atoms with Crippen molar-refractivity contribution in [1.29, 1.82) is 0 Å². The van der Waals surface area contributed by atoms with Crippen molar-refractivity contribution in [3.8, 4) is 0 Å². The number of carboxylic acids is 1. The van der Waals surface area contributed by atoms with E-state index in [0.717, 1.165) is 0 Å². The Balaban J connectivity index is 0. The molecule has 0 spiro atoms. The maximum absolute atomic E-state index is 10.1. The molecule has 0 aliphatic rings. The summed E-state index contributed by atoms with van der Waals surface area (Å²) >= 11 is 0. The van der Waals surface area contributed by atoms with Crippen molar-refractivity contribution in [2.45, 2.75) is 24.4 Å². The third-order valence-electron chi connectivity index (χ3n) is 1.61. The Kier molecular flexibility index (Phi) is 11.3. The first-order chi connectivity index (χ1) is 7.83. The van der Waals surface area contributed by atoms with Gasteiger partial charge in [0.25, 0.3) is 0 Å². The highest BCUT2D eigenvalue weighted by Crippen LogP contribution is 2.04. The van der Waals surface area contributed by atoms with Gasteiger partial charge < -0.3 is 40.9 Å².